The molecule has 2 fully saturated rings. The summed E-state index contributed by atoms with van der Waals surface area (Å²) in [5.74, 6) is -0.125. The lowest BCUT2D eigenvalue weighted by molar-refractivity contribution is -0.384. The van der Waals surface area contributed by atoms with Crippen LogP contribution in [-0.4, -0.2) is 27.8 Å². The number of hydrogen-bond acceptors (Lipinski definition) is 4. The summed E-state index contributed by atoms with van der Waals surface area (Å²) in [4.78, 5) is 26.0. The molecule has 0 saturated heterocycles. The first-order valence-corrected chi connectivity index (χ1v) is 9.44. The van der Waals surface area contributed by atoms with E-state index in [0.29, 0.717) is 5.69 Å². The molecule has 6 heteroatoms. The predicted octanol–water partition coefficient (Wildman–Crippen LogP) is 4.28. The number of anilines is 1. The largest absolute Gasteiger partial charge is 0.398 e. The van der Waals surface area contributed by atoms with Gasteiger partial charge >= 0.3 is 0 Å². The van der Waals surface area contributed by atoms with Gasteiger partial charge in [0.15, 0.2) is 0 Å². The van der Waals surface area contributed by atoms with E-state index in [2.05, 4.69) is 0 Å². The van der Waals surface area contributed by atoms with Crippen molar-refractivity contribution in [2.45, 2.75) is 76.3 Å². The number of rotatable bonds is 4. The maximum atomic E-state index is 13.4. The Morgan fingerprint density at radius 3 is 2.00 bits per heavy atom. The van der Waals surface area contributed by atoms with E-state index < -0.39 is 4.92 Å². The van der Waals surface area contributed by atoms with Gasteiger partial charge in [0.05, 0.1) is 10.5 Å². The zero-order valence-electron chi connectivity index (χ0n) is 14.7. The molecule has 0 heterocycles. The van der Waals surface area contributed by atoms with Gasteiger partial charge in [0.1, 0.15) is 0 Å². The second-order valence-electron chi connectivity index (χ2n) is 7.32. The number of carbonyl (C=O) groups is 1. The Morgan fingerprint density at radius 1 is 1.00 bits per heavy atom. The van der Waals surface area contributed by atoms with E-state index in [1.54, 1.807) is 0 Å². The molecule has 0 atom stereocenters. The molecule has 0 radical (unpaired) electrons. The monoisotopic (exact) mass is 345 g/mol. The van der Waals surface area contributed by atoms with Crippen LogP contribution in [0.5, 0.6) is 0 Å². The second kappa shape index (κ2) is 7.85. The minimum atomic E-state index is -0.470. The van der Waals surface area contributed by atoms with Gasteiger partial charge in [0, 0.05) is 29.9 Å². The fraction of sp³-hybridized carbons (Fsp3) is 0.632. The number of nitrogens with zero attached hydrogens (tertiary/aromatic N) is 2. The third-order valence-corrected chi connectivity index (χ3v) is 5.65. The molecule has 1 aromatic rings. The van der Waals surface area contributed by atoms with E-state index >= 15 is 0 Å². The number of nitrogen functional groups attached to an aromatic ring is 1. The van der Waals surface area contributed by atoms with Gasteiger partial charge in [0.2, 0.25) is 0 Å². The molecule has 2 saturated carbocycles. The topological polar surface area (TPSA) is 89.5 Å². The van der Waals surface area contributed by atoms with Gasteiger partial charge in [0.25, 0.3) is 11.6 Å². The van der Waals surface area contributed by atoms with Crippen molar-refractivity contribution in [3.8, 4) is 0 Å². The van der Waals surface area contributed by atoms with Crippen LogP contribution in [-0.2, 0) is 0 Å². The standard InChI is InChI=1S/C19H27N3O3/c20-18-12-11-16(22(24)25)13-17(18)19(23)21(14-7-3-1-4-8-14)15-9-5-2-6-10-15/h11-15H,1-10,20H2. The van der Waals surface area contributed by atoms with Crippen LogP contribution in [0.2, 0.25) is 0 Å². The molecule has 1 amide bonds. The van der Waals surface area contributed by atoms with E-state index in [-0.39, 0.29) is 29.2 Å². The van der Waals surface area contributed by atoms with Gasteiger partial charge in [-0.05, 0) is 31.7 Å². The summed E-state index contributed by atoms with van der Waals surface area (Å²) in [6.45, 7) is 0. The van der Waals surface area contributed by atoms with Crippen molar-refractivity contribution < 1.29 is 9.72 Å². The summed E-state index contributed by atoms with van der Waals surface area (Å²) in [5.41, 5.74) is 6.55. The quantitative estimate of drug-likeness (QED) is 0.501. The molecule has 25 heavy (non-hydrogen) atoms. The minimum Gasteiger partial charge on any atom is -0.398 e. The molecule has 0 aromatic heterocycles. The number of nitro groups is 1. The SMILES string of the molecule is Nc1ccc([N+](=O)[O-])cc1C(=O)N(C1CCCCC1)C1CCCCC1. The molecule has 2 aliphatic rings. The molecule has 136 valence electrons. The van der Waals surface area contributed by atoms with E-state index in [9.17, 15) is 14.9 Å². The van der Waals surface area contributed by atoms with E-state index in [1.165, 1.54) is 31.0 Å². The Hall–Kier alpha value is -2.11. The number of hydrogen-bond donors (Lipinski definition) is 1. The first-order valence-electron chi connectivity index (χ1n) is 9.44. The maximum Gasteiger partial charge on any atom is 0.270 e. The molecule has 2 aliphatic carbocycles. The van der Waals surface area contributed by atoms with Crippen molar-refractivity contribution >= 4 is 17.3 Å². The molecule has 6 nitrogen and oxygen atoms in total. The molecule has 2 N–H and O–H groups in total. The highest BCUT2D eigenvalue weighted by molar-refractivity contribution is 6.00. The molecule has 0 bridgehead atoms. The van der Waals surface area contributed by atoms with Crippen molar-refractivity contribution in [1.29, 1.82) is 0 Å². The van der Waals surface area contributed by atoms with Crippen molar-refractivity contribution in [3.05, 3.63) is 33.9 Å². The van der Waals surface area contributed by atoms with E-state index in [1.807, 2.05) is 4.90 Å². The van der Waals surface area contributed by atoms with Gasteiger partial charge in [-0.2, -0.15) is 0 Å². The highest BCUT2D eigenvalue weighted by Crippen LogP contribution is 2.33. The molecule has 0 spiro atoms. The van der Waals surface area contributed by atoms with Crippen LogP contribution in [0, 0.1) is 10.1 Å². The fourth-order valence-corrected chi connectivity index (χ4v) is 4.33. The Morgan fingerprint density at radius 2 is 1.52 bits per heavy atom. The first-order chi connectivity index (χ1) is 12.1. The highest BCUT2D eigenvalue weighted by atomic mass is 16.6. The predicted molar refractivity (Wildman–Crippen MR) is 97.4 cm³/mol. The summed E-state index contributed by atoms with van der Waals surface area (Å²) in [6.07, 6.45) is 11.1. The number of benzene rings is 1. The Balaban J connectivity index is 1.92. The van der Waals surface area contributed by atoms with E-state index in [4.69, 9.17) is 5.73 Å². The van der Waals surface area contributed by atoms with Gasteiger partial charge in [-0.1, -0.05) is 38.5 Å². The average molecular weight is 345 g/mol. The van der Waals surface area contributed by atoms with Crippen LogP contribution in [0.3, 0.4) is 0 Å². The second-order valence-corrected chi connectivity index (χ2v) is 7.32. The van der Waals surface area contributed by atoms with Crippen molar-refractivity contribution in [2.24, 2.45) is 0 Å². The third-order valence-electron chi connectivity index (χ3n) is 5.65. The van der Waals surface area contributed by atoms with Crippen LogP contribution in [0.25, 0.3) is 0 Å². The average Bonchev–Trinajstić information content (AvgIpc) is 2.64. The maximum absolute atomic E-state index is 13.4. The fourth-order valence-electron chi connectivity index (χ4n) is 4.33. The van der Waals surface area contributed by atoms with Crippen molar-refractivity contribution in [2.75, 3.05) is 5.73 Å². The summed E-state index contributed by atoms with van der Waals surface area (Å²) in [6, 6.07) is 4.66. The Bertz CT molecular complexity index is 617. The van der Waals surface area contributed by atoms with Gasteiger partial charge in [-0.25, -0.2) is 0 Å². The summed E-state index contributed by atoms with van der Waals surface area (Å²) in [5, 5.41) is 11.1. The molecule has 1 aromatic carbocycles. The zero-order valence-corrected chi connectivity index (χ0v) is 14.7. The van der Waals surface area contributed by atoms with Crippen LogP contribution in [0.1, 0.15) is 74.6 Å². The summed E-state index contributed by atoms with van der Waals surface area (Å²) < 4.78 is 0. The number of amides is 1. The van der Waals surface area contributed by atoms with Crippen molar-refractivity contribution in [1.82, 2.24) is 4.90 Å². The van der Waals surface area contributed by atoms with E-state index in [0.717, 1.165) is 51.4 Å². The van der Waals surface area contributed by atoms with Gasteiger partial charge in [-0.15, -0.1) is 0 Å². The highest BCUT2D eigenvalue weighted by Gasteiger charge is 2.34. The Kier molecular flexibility index (Phi) is 5.56. The summed E-state index contributed by atoms with van der Waals surface area (Å²) in [7, 11) is 0. The Labute approximate surface area is 148 Å². The lowest BCUT2D eigenvalue weighted by atomic mass is 9.88. The van der Waals surface area contributed by atoms with Crippen molar-refractivity contribution in [3.63, 3.8) is 0 Å². The first kappa shape index (κ1) is 17.7. The lowest BCUT2D eigenvalue weighted by Crippen LogP contribution is -2.49. The molecular formula is C19H27N3O3. The lowest BCUT2D eigenvalue weighted by Gasteiger charge is -2.42. The van der Waals surface area contributed by atoms with Crippen LogP contribution >= 0.6 is 0 Å². The number of nitro benzene ring substituents is 1. The number of carbonyl (C=O) groups excluding carboxylic acids is 1. The third kappa shape index (κ3) is 3.94. The van der Waals surface area contributed by atoms with Crippen LogP contribution in [0.4, 0.5) is 11.4 Å². The molecule has 0 aliphatic heterocycles. The summed E-state index contributed by atoms with van der Waals surface area (Å²) >= 11 is 0. The van der Waals surface area contributed by atoms with Crippen LogP contribution < -0.4 is 5.73 Å². The molecule has 3 rings (SSSR count). The smallest absolute Gasteiger partial charge is 0.270 e. The molecule has 0 unspecified atom stereocenters. The van der Waals surface area contributed by atoms with Gasteiger partial charge < -0.3 is 10.6 Å². The van der Waals surface area contributed by atoms with Gasteiger partial charge in [-0.3, -0.25) is 14.9 Å². The minimum absolute atomic E-state index is 0.0789. The van der Waals surface area contributed by atoms with Crippen LogP contribution in [0.15, 0.2) is 18.2 Å². The molecular weight excluding hydrogens is 318 g/mol. The zero-order chi connectivity index (χ0) is 17.8. The number of nitrogens with two attached hydrogens (primary N) is 1. The number of non-ortho nitro benzene ring substituents is 1. The normalized spacial score (nSPS) is 19.5.